The lowest BCUT2D eigenvalue weighted by Gasteiger charge is -2.17. The molecule has 0 atom stereocenters. The molecule has 5 heteroatoms. The minimum absolute atomic E-state index is 0.0367. The minimum Gasteiger partial charge on any atom is -0.315 e. The van der Waals surface area contributed by atoms with E-state index in [1.54, 1.807) is 0 Å². The van der Waals surface area contributed by atoms with E-state index < -0.39 is 11.6 Å². The fraction of sp³-hybridized carbons (Fsp3) is 0.400. The number of hydrogen-bond donors (Lipinski definition) is 1. The predicted octanol–water partition coefficient (Wildman–Crippen LogP) is 4.11. The van der Waals surface area contributed by atoms with Crippen molar-refractivity contribution in [1.29, 1.82) is 0 Å². The molecule has 2 rings (SSSR count). The second kappa shape index (κ2) is 5.58. The number of benzene rings is 1. The van der Waals surface area contributed by atoms with E-state index in [-0.39, 0.29) is 11.0 Å². The van der Waals surface area contributed by atoms with E-state index in [1.165, 1.54) is 29.5 Å². The third-order valence-corrected chi connectivity index (χ3v) is 3.99. The van der Waals surface area contributed by atoms with Gasteiger partial charge in [-0.3, -0.25) is 0 Å². The zero-order valence-electron chi connectivity index (χ0n) is 12.1. The molecule has 0 aliphatic carbocycles. The molecule has 0 saturated carbocycles. The largest absolute Gasteiger partial charge is 0.315 e. The van der Waals surface area contributed by atoms with Gasteiger partial charge in [-0.05, 0) is 19.2 Å². The van der Waals surface area contributed by atoms with Gasteiger partial charge in [-0.25, -0.2) is 13.8 Å². The van der Waals surface area contributed by atoms with Gasteiger partial charge in [0.25, 0.3) is 0 Å². The lowest BCUT2D eigenvalue weighted by atomic mass is 9.91. The van der Waals surface area contributed by atoms with Crippen LogP contribution in [0.5, 0.6) is 0 Å². The summed E-state index contributed by atoms with van der Waals surface area (Å²) in [4.78, 5) is 5.50. The molecule has 2 aromatic rings. The highest BCUT2D eigenvalue weighted by atomic mass is 32.1. The summed E-state index contributed by atoms with van der Waals surface area (Å²) in [7, 11) is 1.84. The Morgan fingerprint density at radius 3 is 2.30 bits per heavy atom. The van der Waals surface area contributed by atoms with Gasteiger partial charge in [0.2, 0.25) is 0 Å². The molecule has 1 aromatic heterocycles. The van der Waals surface area contributed by atoms with Gasteiger partial charge in [-0.2, -0.15) is 0 Å². The van der Waals surface area contributed by atoms with Gasteiger partial charge in [0, 0.05) is 16.8 Å². The molecule has 108 valence electrons. The van der Waals surface area contributed by atoms with Crippen molar-refractivity contribution >= 4 is 11.3 Å². The van der Waals surface area contributed by atoms with Crippen LogP contribution in [0.2, 0.25) is 0 Å². The smallest absolute Gasteiger partial charge is 0.136 e. The van der Waals surface area contributed by atoms with Crippen molar-refractivity contribution in [3.05, 3.63) is 40.4 Å². The quantitative estimate of drug-likeness (QED) is 0.922. The number of hydrogen-bond acceptors (Lipinski definition) is 3. The summed E-state index contributed by atoms with van der Waals surface area (Å²) in [6, 6.07) is 3.88. The maximum atomic E-state index is 13.9. The van der Waals surface area contributed by atoms with Crippen molar-refractivity contribution in [2.45, 2.75) is 32.7 Å². The van der Waals surface area contributed by atoms with Gasteiger partial charge in [-0.1, -0.05) is 26.8 Å². The number of nitrogens with one attached hydrogen (secondary N) is 1. The Balaban J connectivity index is 2.59. The van der Waals surface area contributed by atoms with E-state index in [9.17, 15) is 8.78 Å². The molecule has 0 radical (unpaired) electrons. The molecule has 0 fully saturated rings. The van der Waals surface area contributed by atoms with Gasteiger partial charge in [0.05, 0.1) is 11.3 Å². The van der Waals surface area contributed by atoms with Crippen LogP contribution in [0.4, 0.5) is 8.78 Å². The Morgan fingerprint density at radius 2 is 1.80 bits per heavy atom. The Bertz CT molecular complexity index is 595. The highest BCUT2D eigenvalue weighted by molar-refractivity contribution is 7.15. The first-order chi connectivity index (χ1) is 9.34. The molecular formula is C15H18F2N2S. The van der Waals surface area contributed by atoms with Crippen LogP contribution in [0.3, 0.4) is 0 Å². The molecule has 0 aliphatic heterocycles. The van der Waals surface area contributed by atoms with E-state index in [0.29, 0.717) is 11.6 Å². The molecule has 0 spiro atoms. The number of thiazole rings is 1. The monoisotopic (exact) mass is 296 g/mol. The molecule has 0 amide bonds. The highest BCUT2D eigenvalue weighted by Gasteiger charge is 2.25. The SMILES string of the molecule is CNCc1sc(-c2c(F)cccc2F)nc1C(C)(C)C. The summed E-state index contributed by atoms with van der Waals surface area (Å²) < 4.78 is 27.7. The fourth-order valence-corrected chi connectivity index (χ4v) is 3.36. The number of rotatable bonds is 3. The van der Waals surface area contributed by atoms with Crippen LogP contribution in [-0.2, 0) is 12.0 Å². The predicted molar refractivity (Wildman–Crippen MR) is 78.9 cm³/mol. The third-order valence-electron chi connectivity index (χ3n) is 2.92. The van der Waals surface area contributed by atoms with E-state index in [4.69, 9.17) is 0 Å². The van der Waals surface area contributed by atoms with E-state index in [0.717, 1.165) is 10.6 Å². The van der Waals surface area contributed by atoms with Crippen molar-refractivity contribution in [1.82, 2.24) is 10.3 Å². The Kier molecular flexibility index (Phi) is 4.20. The summed E-state index contributed by atoms with van der Waals surface area (Å²) in [5.74, 6) is -1.15. The molecule has 0 saturated heterocycles. The summed E-state index contributed by atoms with van der Waals surface area (Å²) in [6.07, 6.45) is 0. The summed E-state index contributed by atoms with van der Waals surface area (Å²) in [5.41, 5.74) is 0.683. The Labute approximate surface area is 121 Å². The topological polar surface area (TPSA) is 24.9 Å². The number of halogens is 2. The zero-order valence-corrected chi connectivity index (χ0v) is 12.9. The van der Waals surface area contributed by atoms with Crippen molar-refractivity contribution in [2.75, 3.05) is 7.05 Å². The van der Waals surface area contributed by atoms with Crippen LogP contribution < -0.4 is 5.32 Å². The second-order valence-corrected chi connectivity index (χ2v) is 6.75. The van der Waals surface area contributed by atoms with Crippen LogP contribution in [-0.4, -0.2) is 12.0 Å². The number of nitrogens with zero attached hydrogens (tertiary/aromatic N) is 1. The van der Waals surface area contributed by atoms with E-state index >= 15 is 0 Å². The van der Waals surface area contributed by atoms with Crippen LogP contribution in [0.25, 0.3) is 10.6 Å². The molecule has 1 N–H and O–H groups in total. The van der Waals surface area contributed by atoms with E-state index in [2.05, 4.69) is 10.3 Å². The maximum absolute atomic E-state index is 13.9. The molecular weight excluding hydrogens is 278 g/mol. The van der Waals surface area contributed by atoms with Gasteiger partial charge < -0.3 is 5.32 Å². The Morgan fingerprint density at radius 1 is 1.20 bits per heavy atom. The van der Waals surface area contributed by atoms with E-state index in [1.807, 2.05) is 27.8 Å². The molecule has 1 aromatic carbocycles. The Hall–Kier alpha value is -1.33. The molecule has 0 bridgehead atoms. The van der Waals surface area contributed by atoms with Crippen molar-refractivity contribution in [3.8, 4) is 10.6 Å². The molecule has 20 heavy (non-hydrogen) atoms. The normalized spacial score (nSPS) is 11.9. The molecule has 0 unspecified atom stereocenters. The first kappa shape index (κ1) is 15.1. The van der Waals surface area contributed by atoms with Crippen molar-refractivity contribution in [2.24, 2.45) is 0 Å². The summed E-state index contributed by atoms with van der Waals surface area (Å²) >= 11 is 1.34. The molecule has 0 aliphatic rings. The van der Waals surface area contributed by atoms with Gasteiger partial charge in [-0.15, -0.1) is 11.3 Å². The molecule has 2 nitrogen and oxygen atoms in total. The van der Waals surface area contributed by atoms with Crippen LogP contribution in [0.1, 0.15) is 31.3 Å². The van der Waals surface area contributed by atoms with Crippen molar-refractivity contribution < 1.29 is 8.78 Å². The summed E-state index contributed by atoms with van der Waals surface area (Å²) in [5, 5.41) is 3.47. The van der Waals surface area contributed by atoms with Crippen LogP contribution in [0.15, 0.2) is 18.2 Å². The lowest BCUT2D eigenvalue weighted by molar-refractivity contribution is 0.562. The van der Waals surface area contributed by atoms with Gasteiger partial charge >= 0.3 is 0 Å². The fourth-order valence-electron chi connectivity index (χ4n) is 2.03. The highest BCUT2D eigenvalue weighted by Crippen LogP contribution is 2.36. The second-order valence-electron chi connectivity index (χ2n) is 5.67. The third kappa shape index (κ3) is 2.88. The average Bonchev–Trinajstić information content (AvgIpc) is 2.73. The standard InChI is InChI=1S/C15H18F2N2S/c1-15(2,3)13-11(8-18-4)20-14(19-13)12-9(16)6-5-7-10(12)17/h5-7,18H,8H2,1-4H3. The lowest BCUT2D eigenvalue weighted by Crippen LogP contribution is -2.16. The minimum atomic E-state index is -0.574. The number of aromatic nitrogens is 1. The molecule has 1 heterocycles. The van der Waals surface area contributed by atoms with Gasteiger partial charge in [0.1, 0.15) is 16.6 Å². The summed E-state index contributed by atoms with van der Waals surface area (Å²) in [6.45, 7) is 6.77. The maximum Gasteiger partial charge on any atom is 0.136 e. The average molecular weight is 296 g/mol. The first-order valence-corrected chi connectivity index (χ1v) is 7.25. The first-order valence-electron chi connectivity index (χ1n) is 6.43. The zero-order chi connectivity index (χ0) is 14.9. The van der Waals surface area contributed by atoms with Gasteiger partial charge in [0.15, 0.2) is 0 Å². The van der Waals surface area contributed by atoms with Crippen LogP contribution >= 0.6 is 11.3 Å². The van der Waals surface area contributed by atoms with Crippen LogP contribution in [0, 0.1) is 11.6 Å². The van der Waals surface area contributed by atoms with Crippen molar-refractivity contribution in [3.63, 3.8) is 0 Å².